The van der Waals surface area contributed by atoms with Gasteiger partial charge in [0.1, 0.15) is 6.10 Å². The van der Waals surface area contributed by atoms with Gasteiger partial charge in [0, 0.05) is 18.4 Å². The molecule has 2 heterocycles. The zero-order chi connectivity index (χ0) is 16.0. The lowest BCUT2D eigenvalue weighted by Gasteiger charge is -2.59. The maximum Gasteiger partial charge on any atom is 0.314 e. The fourth-order valence-electron chi connectivity index (χ4n) is 5.69. The van der Waals surface area contributed by atoms with E-state index in [0.29, 0.717) is 25.4 Å². The fraction of sp³-hybridized carbons (Fsp3) is 0.941. The molecule has 4 fully saturated rings. The van der Waals surface area contributed by atoms with Crippen LogP contribution >= 0.6 is 0 Å². The van der Waals surface area contributed by atoms with E-state index >= 15 is 0 Å². The van der Waals surface area contributed by atoms with Crippen LogP contribution in [0.1, 0.15) is 53.4 Å². The average molecular weight is 310 g/mol. The first-order valence-electron chi connectivity index (χ1n) is 8.54. The van der Waals surface area contributed by atoms with E-state index < -0.39 is 22.4 Å². The van der Waals surface area contributed by atoms with Gasteiger partial charge in [-0.15, -0.1) is 0 Å². The molecule has 4 aliphatic rings. The molecule has 0 aromatic carbocycles. The molecule has 124 valence electrons. The molecule has 0 amide bonds. The van der Waals surface area contributed by atoms with E-state index in [2.05, 4.69) is 13.8 Å². The molecule has 0 bridgehead atoms. The molecule has 22 heavy (non-hydrogen) atoms. The molecule has 7 atom stereocenters. The van der Waals surface area contributed by atoms with Crippen LogP contribution in [0.5, 0.6) is 0 Å². The number of carbonyl (C=O) groups is 1. The average Bonchev–Trinajstić information content (AvgIpc) is 3.03. The Morgan fingerprint density at radius 2 is 2.14 bits per heavy atom. The van der Waals surface area contributed by atoms with Crippen molar-refractivity contribution in [1.82, 2.24) is 0 Å². The Bertz CT molecular complexity index is 535. The van der Waals surface area contributed by atoms with Crippen molar-refractivity contribution in [3.63, 3.8) is 0 Å². The molecule has 0 radical (unpaired) electrons. The van der Waals surface area contributed by atoms with Gasteiger partial charge in [-0.1, -0.05) is 20.3 Å². The van der Waals surface area contributed by atoms with Gasteiger partial charge in [0.25, 0.3) is 0 Å². The molecular formula is C17H26O5. The molecule has 2 saturated carbocycles. The highest BCUT2D eigenvalue weighted by Gasteiger charge is 2.92. The second kappa shape index (κ2) is 4.05. The topological polar surface area (TPSA) is 68.3 Å². The molecule has 5 heteroatoms. The summed E-state index contributed by atoms with van der Waals surface area (Å²) >= 11 is 0. The van der Waals surface area contributed by atoms with Gasteiger partial charge in [-0.05, 0) is 32.6 Å². The summed E-state index contributed by atoms with van der Waals surface area (Å²) in [5.74, 6) is -1.23. The van der Waals surface area contributed by atoms with Crippen molar-refractivity contribution in [1.29, 1.82) is 0 Å². The first kappa shape index (κ1) is 14.9. The number of epoxide rings is 1. The van der Waals surface area contributed by atoms with Crippen molar-refractivity contribution in [2.24, 2.45) is 17.3 Å². The van der Waals surface area contributed by atoms with Gasteiger partial charge in [-0.3, -0.25) is 4.79 Å². The molecule has 0 aromatic rings. The van der Waals surface area contributed by atoms with Crippen LogP contribution in [0.4, 0.5) is 0 Å². The number of fused-ring (bicyclic) bond motifs is 1. The largest absolute Gasteiger partial charge is 0.429 e. The first-order chi connectivity index (χ1) is 10.3. The van der Waals surface area contributed by atoms with Crippen LogP contribution in [0, 0.1) is 17.3 Å². The summed E-state index contributed by atoms with van der Waals surface area (Å²) in [6.45, 7) is 8.65. The van der Waals surface area contributed by atoms with Crippen LogP contribution in [0.15, 0.2) is 0 Å². The molecular weight excluding hydrogens is 284 g/mol. The van der Waals surface area contributed by atoms with Crippen molar-refractivity contribution in [2.45, 2.75) is 76.5 Å². The Balaban J connectivity index is 1.87. The van der Waals surface area contributed by atoms with E-state index in [1.54, 1.807) is 0 Å². The molecule has 2 saturated heterocycles. The minimum absolute atomic E-state index is 0.227. The van der Waals surface area contributed by atoms with Crippen molar-refractivity contribution in [2.75, 3.05) is 6.61 Å². The zero-order valence-electron chi connectivity index (χ0n) is 13.8. The minimum atomic E-state index is -0.964. The minimum Gasteiger partial charge on any atom is -0.429 e. The molecule has 5 nitrogen and oxygen atoms in total. The van der Waals surface area contributed by atoms with Crippen LogP contribution < -0.4 is 0 Å². The SMILES string of the molecule is CCO[C@H]1[C@]2(C)[C@@H](C)CCC[C@]2(O)C[C@]23OC(=O)[C@@H](C)[C@]12O3. The summed E-state index contributed by atoms with van der Waals surface area (Å²) < 4.78 is 17.8. The van der Waals surface area contributed by atoms with Crippen molar-refractivity contribution < 1.29 is 24.1 Å². The highest BCUT2D eigenvalue weighted by Crippen LogP contribution is 2.74. The number of carbonyl (C=O) groups excluding carboxylic acids is 1. The Morgan fingerprint density at radius 3 is 2.82 bits per heavy atom. The maximum atomic E-state index is 12.2. The van der Waals surface area contributed by atoms with E-state index in [1.807, 2.05) is 13.8 Å². The normalized spacial score (nSPS) is 59.3. The summed E-state index contributed by atoms with van der Waals surface area (Å²) in [7, 11) is 0. The maximum absolute atomic E-state index is 12.2. The van der Waals surface area contributed by atoms with Crippen LogP contribution in [-0.2, 0) is 19.0 Å². The number of ether oxygens (including phenoxy) is 3. The molecule has 4 rings (SSSR count). The van der Waals surface area contributed by atoms with Gasteiger partial charge in [-0.25, -0.2) is 0 Å². The summed E-state index contributed by atoms with van der Waals surface area (Å²) in [6.07, 6.45) is 2.82. The standard InChI is InChI=1S/C17H26O5/c1-5-20-13-14(4)10(2)7-6-8-15(14,19)9-16-17(13,22-16)11(3)12(18)21-16/h10-11,13,19H,5-9H2,1-4H3/t10-,11+,13-,14-,15-,16+,17-/m0/s1. The molecule has 1 N–H and O–H groups in total. The molecule has 2 aliphatic carbocycles. The zero-order valence-corrected chi connectivity index (χ0v) is 13.8. The molecule has 2 aliphatic heterocycles. The van der Waals surface area contributed by atoms with E-state index in [0.717, 1.165) is 12.8 Å². The summed E-state index contributed by atoms with van der Waals surface area (Å²) in [5.41, 5.74) is -2.05. The van der Waals surface area contributed by atoms with Crippen molar-refractivity contribution in [3.8, 4) is 0 Å². The lowest BCUT2D eigenvalue weighted by Crippen LogP contribution is -2.69. The van der Waals surface area contributed by atoms with Gasteiger partial charge in [0.2, 0.25) is 5.79 Å². The number of hydrogen-bond donors (Lipinski definition) is 1. The predicted molar refractivity (Wildman–Crippen MR) is 77.9 cm³/mol. The van der Waals surface area contributed by atoms with Gasteiger partial charge in [-0.2, -0.15) is 0 Å². The highest BCUT2D eigenvalue weighted by molar-refractivity contribution is 5.79. The second-order valence-electron chi connectivity index (χ2n) is 7.91. The van der Waals surface area contributed by atoms with Crippen molar-refractivity contribution in [3.05, 3.63) is 0 Å². The first-order valence-corrected chi connectivity index (χ1v) is 8.54. The van der Waals surface area contributed by atoms with Crippen LogP contribution in [0.3, 0.4) is 0 Å². The highest BCUT2D eigenvalue weighted by atomic mass is 16.8. The Morgan fingerprint density at radius 1 is 1.41 bits per heavy atom. The lowest BCUT2D eigenvalue weighted by atomic mass is 9.48. The van der Waals surface area contributed by atoms with E-state index in [-0.39, 0.29) is 18.0 Å². The molecule has 0 aromatic heterocycles. The van der Waals surface area contributed by atoms with Gasteiger partial charge >= 0.3 is 5.97 Å². The van der Waals surface area contributed by atoms with E-state index in [1.165, 1.54) is 0 Å². The summed E-state index contributed by atoms with van der Waals surface area (Å²) in [4.78, 5) is 12.2. The number of rotatable bonds is 2. The second-order valence-corrected chi connectivity index (χ2v) is 7.91. The molecule has 0 spiro atoms. The van der Waals surface area contributed by atoms with Gasteiger partial charge in [0.05, 0.1) is 11.5 Å². The Hall–Kier alpha value is -0.650. The lowest BCUT2D eigenvalue weighted by molar-refractivity contribution is -0.241. The molecule has 0 unspecified atom stereocenters. The van der Waals surface area contributed by atoms with Crippen LogP contribution in [0.2, 0.25) is 0 Å². The van der Waals surface area contributed by atoms with E-state index in [9.17, 15) is 9.90 Å². The third-order valence-electron chi connectivity index (χ3n) is 7.20. The van der Waals surface area contributed by atoms with Gasteiger partial charge in [0.15, 0.2) is 5.60 Å². The fourth-order valence-corrected chi connectivity index (χ4v) is 5.69. The van der Waals surface area contributed by atoms with E-state index in [4.69, 9.17) is 14.2 Å². The van der Waals surface area contributed by atoms with Crippen LogP contribution in [-0.4, -0.2) is 40.8 Å². The monoisotopic (exact) mass is 310 g/mol. The Labute approximate surface area is 131 Å². The Kier molecular flexibility index (Phi) is 2.75. The van der Waals surface area contributed by atoms with Crippen LogP contribution in [0.25, 0.3) is 0 Å². The quantitative estimate of drug-likeness (QED) is 0.624. The third kappa shape index (κ3) is 1.32. The number of aliphatic hydroxyl groups is 1. The van der Waals surface area contributed by atoms with Gasteiger partial charge < -0.3 is 19.3 Å². The van der Waals surface area contributed by atoms with Crippen molar-refractivity contribution >= 4 is 5.97 Å². The smallest absolute Gasteiger partial charge is 0.314 e. The third-order valence-corrected chi connectivity index (χ3v) is 7.20. The summed E-state index contributed by atoms with van der Waals surface area (Å²) in [5, 5.41) is 11.5. The number of esters is 1. The number of hydrogen-bond acceptors (Lipinski definition) is 5. The predicted octanol–water partition coefficient (Wildman–Crippen LogP) is 2.01. The summed E-state index contributed by atoms with van der Waals surface area (Å²) in [6, 6.07) is 0.